The number of nitrogens with one attached hydrogen (secondary N) is 1. The molecule has 0 bridgehead atoms. The first-order chi connectivity index (χ1) is 7.55. The van der Waals surface area contributed by atoms with Gasteiger partial charge in [-0.3, -0.25) is 0 Å². The average molecular weight is 243 g/mol. The SMILES string of the molecule is O=S1(=O)CC[C@@H](NCc2ccc(F)cc2)C1. The smallest absolute Gasteiger partial charge is 0.151 e. The summed E-state index contributed by atoms with van der Waals surface area (Å²) in [4.78, 5) is 0. The lowest BCUT2D eigenvalue weighted by atomic mass is 10.2. The third-order valence-corrected chi connectivity index (χ3v) is 4.51. The molecule has 0 spiro atoms. The maximum atomic E-state index is 12.6. The molecule has 0 saturated carbocycles. The first-order valence-electron chi connectivity index (χ1n) is 5.23. The molecular weight excluding hydrogens is 229 g/mol. The number of hydrogen-bond donors (Lipinski definition) is 1. The zero-order valence-corrected chi connectivity index (χ0v) is 9.63. The van der Waals surface area contributed by atoms with Gasteiger partial charge in [-0.15, -0.1) is 0 Å². The van der Waals surface area contributed by atoms with Crippen molar-refractivity contribution in [2.75, 3.05) is 11.5 Å². The molecule has 1 aliphatic rings. The molecule has 2 rings (SSSR count). The van der Waals surface area contributed by atoms with Crippen molar-refractivity contribution in [3.05, 3.63) is 35.6 Å². The van der Waals surface area contributed by atoms with E-state index >= 15 is 0 Å². The van der Waals surface area contributed by atoms with Crippen LogP contribution in [0.1, 0.15) is 12.0 Å². The van der Waals surface area contributed by atoms with Gasteiger partial charge in [-0.2, -0.15) is 0 Å². The number of rotatable bonds is 3. The van der Waals surface area contributed by atoms with E-state index in [1.807, 2.05) is 0 Å². The standard InChI is InChI=1S/C11H14FNO2S/c12-10-3-1-9(2-4-10)7-13-11-5-6-16(14,15)8-11/h1-4,11,13H,5-8H2/t11-/m1/s1. The zero-order valence-electron chi connectivity index (χ0n) is 8.82. The van der Waals surface area contributed by atoms with E-state index in [0.717, 1.165) is 5.56 Å². The highest BCUT2D eigenvalue weighted by Crippen LogP contribution is 2.12. The fraction of sp³-hybridized carbons (Fsp3) is 0.455. The van der Waals surface area contributed by atoms with Gasteiger partial charge in [0.1, 0.15) is 5.82 Å². The second-order valence-electron chi connectivity index (χ2n) is 4.11. The molecular formula is C11H14FNO2S. The van der Waals surface area contributed by atoms with E-state index in [4.69, 9.17) is 0 Å². The van der Waals surface area contributed by atoms with E-state index in [0.29, 0.717) is 13.0 Å². The Balaban J connectivity index is 1.87. The van der Waals surface area contributed by atoms with Crippen LogP contribution < -0.4 is 5.32 Å². The third-order valence-electron chi connectivity index (χ3n) is 2.74. The second kappa shape index (κ2) is 4.51. The van der Waals surface area contributed by atoms with Crippen LogP contribution in [0.15, 0.2) is 24.3 Å². The van der Waals surface area contributed by atoms with Gasteiger partial charge >= 0.3 is 0 Å². The van der Waals surface area contributed by atoms with Crippen LogP contribution in [0.25, 0.3) is 0 Å². The number of hydrogen-bond acceptors (Lipinski definition) is 3. The van der Waals surface area contributed by atoms with E-state index in [1.54, 1.807) is 12.1 Å². The molecule has 3 nitrogen and oxygen atoms in total. The molecule has 1 N–H and O–H groups in total. The molecule has 1 saturated heterocycles. The third kappa shape index (κ3) is 3.02. The molecule has 0 unspecified atom stereocenters. The Kier molecular flexibility index (Phi) is 3.25. The van der Waals surface area contributed by atoms with Crippen molar-refractivity contribution in [2.45, 2.75) is 19.0 Å². The van der Waals surface area contributed by atoms with Gasteiger partial charge in [-0.1, -0.05) is 12.1 Å². The van der Waals surface area contributed by atoms with E-state index in [1.165, 1.54) is 12.1 Å². The summed E-state index contributed by atoms with van der Waals surface area (Å²) in [7, 11) is -2.83. The van der Waals surface area contributed by atoms with Crippen molar-refractivity contribution < 1.29 is 12.8 Å². The summed E-state index contributed by atoms with van der Waals surface area (Å²) in [6.07, 6.45) is 0.670. The lowest BCUT2D eigenvalue weighted by Gasteiger charge is -2.10. The predicted molar refractivity (Wildman–Crippen MR) is 60.3 cm³/mol. The summed E-state index contributed by atoms with van der Waals surface area (Å²) in [6.45, 7) is 0.584. The fourth-order valence-electron chi connectivity index (χ4n) is 1.82. The van der Waals surface area contributed by atoms with Crippen LogP contribution in [-0.4, -0.2) is 26.0 Å². The van der Waals surface area contributed by atoms with E-state index in [2.05, 4.69) is 5.32 Å². The molecule has 1 atom stereocenters. The minimum atomic E-state index is -2.83. The Morgan fingerprint density at radius 3 is 2.56 bits per heavy atom. The van der Waals surface area contributed by atoms with Crippen molar-refractivity contribution in [2.24, 2.45) is 0 Å². The highest BCUT2D eigenvalue weighted by atomic mass is 32.2. The fourth-order valence-corrected chi connectivity index (χ4v) is 3.53. The monoisotopic (exact) mass is 243 g/mol. The summed E-state index contributed by atoms with van der Waals surface area (Å²) in [5.41, 5.74) is 0.964. The number of halogens is 1. The van der Waals surface area contributed by atoms with Gasteiger partial charge in [0.15, 0.2) is 9.84 Å². The highest BCUT2D eigenvalue weighted by molar-refractivity contribution is 7.91. The Bertz CT molecular complexity index is 455. The molecule has 88 valence electrons. The average Bonchev–Trinajstić information content (AvgIpc) is 2.58. The van der Waals surface area contributed by atoms with Crippen LogP contribution in [0.2, 0.25) is 0 Å². The van der Waals surface area contributed by atoms with Crippen LogP contribution >= 0.6 is 0 Å². The molecule has 0 aliphatic carbocycles. The lowest BCUT2D eigenvalue weighted by Crippen LogP contribution is -2.29. The molecule has 1 aromatic rings. The lowest BCUT2D eigenvalue weighted by molar-refractivity contribution is 0.553. The van der Waals surface area contributed by atoms with Gasteiger partial charge in [0.05, 0.1) is 11.5 Å². The van der Waals surface area contributed by atoms with Gasteiger partial charge in [-0.05, 0) is 24.1 Å². The van der Waals surface area contributed by atoms with Crippen LogP contribution in [0.4, 0.5) is 4.39 Å². The molecule has 0 amide bonds. The first-order valence-corrected chi connectivity index (χ1v) is 7.05. The Morgan fingerprint density at radius 1 is 1.31 bits per heavy atom. The maximum Gasteiger partial charge on any atom is 0.151 e. The molecule has 5 heteroatoms. The molecule has 1 heterocycles. The normalized spacial score (nSPS) is 23.4. The minimum Gasteiger partial charge on any atom is -0.309 e. The van der Waals surface area contributed by atoms with Crippen LogP contribution in [0.3, 0.4) is 0 Å². The zero-order chi connectivity index (χ0) is 11.6. The van der Waals surface area contributed by atoms with Gasteiger partial charge in [-0.25, -0.2) is 12.8 Å². The van der Waals surface area contributed by atoms with Gasteiger partial charge in [0.25, 0.3) is 0 Å². The van der Waals surface area contributed by atoms with Crippen LogP contribution in [0.5, 0.6) is 0 Å². The molecule has 1 aliphatic heterocycles. The number of benzene rings is 1. The van der Waals surface area contributed by atoms with Gasteiger partial charge in [0, 0.05) is 12.6 Å². The predicted octanol–water partition coefficient (Wildman–Crippen LogP) is 1.10. The van der Waals surface area contributed by atoms with E-state index in [9.17, 15) is 12.8 Å². The van der Waals surface area contributed by atoms with Crippen LogP contribution in [0, 0.1) is 5.82 Å². The number of sulfone groups is 1. The molecule has 1 fully saturated rings. The Labute approximate surface area is 94.6 Å². The molecule has 0 radical (unpaired) electrons. The summed E-state index contributed by atoms with van der Waals surface area (Å²) < 4.78 is 35.0. The van der Waals surface area contributed by atoms with Crippen LogP contribution in [-0.2, 0) is 16.4 Å². The Morgan fingerprint density at radius 2 is 2.00 bits per heavy atom. The molecule has 0 aromatic heterocycles. The maximum absolute atomic E-state index is 12.6. The quantitative estimate of drug-likeness (QED) is 0.864. The van der Waals surface area contributed by atoms with Crippen molar-refractivity contribution >= 4 is 9.84 Å². The summed E-state index contributed by atoms with van der Waals surface area (Å²) in [6, 6.07) is 6.25. The van der Waals surface area contributed by atoms with E-state index < -0.39 is 9.84 Å². The topological polar surface area (TPSA) is 46.2 Å². The minimum absolute atomic E-state index is 0.0371. The van der Waals surface area contributed by atoms with Crippen molar-refractivity contribution in [1.82, 2.24) is 5.32 Å². The van der Waals surface area contributed by atoms with Crippen molar-refractivity contribution in [3.8, 4) is 0 Å². The van der Waals surface area contributed by atoms with E-state index in [-0.39, 0.29) is 23.4 Å². The molecule has 1 aromatic carbocycles. The first kappa shape index (κ1) is 11.5. The highest BCUT2D eigenvalue weighted by Gasteiger charge is 2.27. The van der Waals surface area contributed by atoms with Gasteiger partial charge < -0.3 is 5.32 Å². The molecule has 16 heavy (non-hydrogen) atoms. The Hall–Kier alpha value is -0.940. The summed E-state index contributed by atoms with van der Waals surface area (Å²) >= 11 is 0. The summed E-state index contributed by atoms with van der Waals surface area (Å²) in [5, 5.41) is 3.17. The summed E-state index contributed by atoms with van der Waals surface area (Å²) in [5.74, 6) is 0.231. The van der Waals surface area contributed by atoms with Crippen molar-refractivity contribution in [3.63, 3.8) is 0 Å². The van der Waals surface area contributed by atoms with Crippen molar-refractivity contribution in [1.29, 1.82) is 0 Å². The second-order valence-corrected chi connectivity index (χ2v) is 6.34. The largest absolute Gasteiger partial charge is 0.309 e. The van der Waals surface area contributed by atoms with Gasteiger partial charge in [0.2, 0.25) is 0 Å².